The van der Waals surface area contributed by atoms with Crippen LogP contribution in [0.5, 0.6) is 17.4 Å². The second kappa shape index (κ2) is 6.04. The fourth-order valence-electron chi connectivity index (χ4n) is 1.61. The molecule has 1 aromatic carbocycles. The minimum atomic E-state index is 0.465. The van der Waals surface area contributed by atoms with Gasteiger partial charge in [-0.05, 0) is 46.1 Å². The van der Waals surface area contributed by atoms with Crippen molar-refractivity contribution >= 4 is 15.9 Å². The molecule has 0 atom stereocenters. The van der Waals surface area contributed by atoms with Crippen LogP contribution in [0.4, 0.5) is 0 Å². The Hall–Kier alpha value is -1.59. The number of ether oxygens (including phenoxy) is 2. The van der Waals surface area contributed by atoms with E-state index in [9.17, 15) is 0 Å². The first-order valence-corrected chi connectivity index (χ1v) is 6.60. The average Bonchev–Trinajstić information content (AvgIpc) is 2.43. The van der Waals surface area contributed by atoms with Crippen LogP contribution in [0.15, 0.2) is 34.9 Å². The van der Waals surface area contributed by atoms with Gasteiger partial charge >= 0.3 is 0 Å². The summed E-state index contributed by atoms with van der Waals surface area (Å²) in [7, 11) is 1.60. The average molecular weight is 323 g/mol. The number of pyridine rings is 1. The van der Waals surface area contributed by atoms with Crippen molar-refractivity contribution in [1.29, 1.82) is 0 Å². The van der Waals surface area contributed by atoms with Gasteiger partial charge in [0, 0.05) is 23.3 Å². The fourth-order valence-corrected chi connectivity index (χ4v) is 1.82. The third-order valence-electron chi connectivity index (χ3n) is 2.70. The van der Waals surface area contributed by atoms with Gasteiger partial charge in [0.1, 0.15) is 0 Å². The first-order chi connectivity index (χ1) is 9.13. The smallest absolute Gasteiger partial charge is 0.219 e. The summed E-state index contributed by atoms with van der Waals surface area (Å²) >= 11 is 3.41. The summed E-state index contributed by atoms with van der Waals surface area (Å²) < 4.78 is 12.0. The van der Waals surface area contributed by atoms with Gasteiger partial charge < -0.3 is 15.2 Å². The molecule has 100 valence electrons. The van der Waals surface area contributed by atoms with E-state index in [2.05, 4.69) is 20.9 Å². The van der Waals surface area contributed by atoms with E-state index in [1.807, 2.05) is 31.2 Å². The predicted octanol–water partition coefficient (Wildman–Crippen LogP) is 3.41. The number of rotatable bonds is 4. The van der Waals surface area contributed by atoms with E-state index in [-0.39, 0.29) is 0 Å². The standard InChI is InChI=1S/C14H15BrN2O2/c1-9-5-14(17-8-11(9)15)19-12-4-3-10(7-16)6-13(12)18-2/h3-6,8H,7,16H2,1-2H3. The molecule has 2 aromatic rings. The van der Waals surface area contributed by atoms with Crippen molar-refractivity contribution in [2.75, 3.05) is 7.11 Å². The number of halogens is 1. The van der Waals surface area contributed by atoms with Crippen LogP contribution in [0.1, 0.15) is 11.1 Å². The van der Waals surface area contributed by atoms with Gasteiger partial charge in [-0.15, -0.1) is 0 Å². The van der Waals surface area contributed by atoms with Gasteiger partial charge in [0.15, 0.2) is 11.5 Å². The minimum Gasteiger partial charge on any atom is -0.493 e. The number of hydrogen-bond acceptors (Lipinski definition) is 4. The van der Waals surface area contributed by atoms with Gasteiger partial charge in [0.2, 0.25) is 5.88 Å². The minimum absolute atomic E-state index is 0.465. The van der Waals surface area contributed by atoms with Crippen LogP contribution in [-0.2, 0) is 6.54 Å². The molecule has 2 rings (SSSR count). The van der Waals surface area contributed by atoms with Crippen LogP contribution in [0, 0.1) is 6.92 Å². The van der Waals surface area contributed by atoms with Crippen molar-refractivity contribution in [1.82, 2.24) is 4.98 Å². The second-order valence-corrected chi connectivity index (χ2v) is 4.92. The van der Waals surface area contributed by atoms with E-state index in [1.54, 1.807) is 13.3 Å². The van der Waals surface area contributed by atoms with Crippen molar-refractivity contribution in [2.24, 2.45) is 5.73 Å². The van der Waals surface area contributed by atoms with Gasteiger partial charge in [-0.25, -0.2) is 4.98 Å². The maximum atomic E-state index is 5.74. The number of benzene rings is 1. The van der Waals surface area contributed by atoms with Crippen molar-refractivity contribution in [3.63, 3.8) is 0 Å². The lowest BCUT2D eigenvalue weighted by Crippen LogP contribution is -1.98. The lowest BCUT2D eigenvalue weighted by molar-refractivity contribution is 0.373. The lowest BCUT2D eigenvalue weighted by atomic mass is 10.2. The highest BCUT2D eigenvalue weighted by molar-refractivity contribution is 9.10. The molecule has 0 amide bonds. The second-order valence-electron chi connectivity index (χ2n) is 4.06. The summed E-state index contributed by atoms with van der Waals surface area (Å²) in [4.78, 5) is 4.20. The molecule has 0 aliphatic heterocycles. The molecule has 0 aliphatic carbocycles. The molecular weight excluding hydrogens is 308 g/mol. The molecule has 1 heterocycles. The van der Waals surface area contributed by atoms with Crippen LogP contribution in [0.3, 0.4) is 0 Å². The fraction of sp³-hybridized carbons (Fsp3) is 0.214. The van der Waals surface area contributed by atoms with E-state index in [4.69, 9.17) is 15.2 Å². The van der Waals surface area contributed by atoms with Gasteiger partial charge in [0.05, 0.1) is 7.11 Å². The number of methoxy groups -OCH3 is 1. The summed E-state index contributed by atoms with van der Waals surface area (Å²) in [5.41, 5.74) is 7.65. The van der Waals surface area contributed by atoms with Crippen LogP contribution >= 0.6 is 15.9 Å². The molecule has 1 aromatic heterocycles. The van der Waals surface area contributed by atoms with Crippen molar-refractivity contribution in [3.8, 4) is 17.4 Å². The van der Waals surface area contributed by atoms with Crippen LogP contribution in [0.2, 0.25) is 0 Å². The van der Waals surface area contributed by atoms with Gasteiger partial charge in [-0.3, -0.25) is 0 Å². The maximum Gasteiger partial charge on any atom is 0.219 e. The van der Waals surface area contributed by atoms with E-state index in [0.29, 0.717) is 23.9 Å². The molecule has 4 nitrogen and oxygen atoms in total. The number of nitrogens with two attached hydrogens (primary N) is 1. The zero-order valence-corrected chi connectivity index (χ0v) is 12.4. The summed E-state index contributed by atoms with van der Waals surface area (Å²) in [6.07, 6.45) is 1.71. The lowest BCUT2D eigenvalue weighted by Gasteiger charge is -2.11. The molecule has 0 bridgehead atoms. The Morgan fingerprint density at radius 1 is 1.26 bits per heavy atom. The number of aryl methyl sites for hydroxylation is 1. The van der Waals surface area contributed by atoms with E-state index in [0.717, 1.165) is 15.6 Å². The molecule has 0 saturated heterocycles. The van der Waals surface area contributed by atoms with E-state index >= 15 is 0 Å². The molecule has 5 heteroatoms. The predicted molar refractivity (Wildman–Crippen MR) is 77.6 cm³/mol. The van der Waals surface area contributed by atoms with Crippen molar-refractivity contribution in [3.05, 3.63) is 46.1 Å². The van der Waals surface area contributed by atoms with Crippen molar-refractivity contribution in [2.45, 2.75) is 13.5 Å². The van der Waals surface area contributed by atoms with Crippen LogP contribution < -0.4 is 15.2 Å². The Kier molecular flexibility index (Phi) is 4.39. The molecule has 0 radical (unpaired) electrons. The molecule has 0 fully saturated rings. The van der Waals surface area contributed by atoms with Crippen molar-refractivity contribution < 1.29 is 9.47 Å². The normalized spacial score (nSPS) is 10.3. The topological polar surface area (TPSA) is 57.4 Å². The Morgan fingerprint density at radius 3 is 2.68 bits per heavy atom. The monoisotopic (exact) mass is 322 g/mol. The Labute approximate surface area is 120 Å². The highest BCUT2D eigenvalue weighted by atomic mass is 79.9. The van der Waals surface area contributed by atoms with E-state index in [1.165, 1.54) is 0 Å². The van der Waals surface area contributed by atoms with Gasteiger partial charge in [-0.1, -0.05) is 6.07 Å². The van der Waals surface area contributed by atoms with Crippen LogP contribution in [0.25, 0.3) is 0 Å². The first-order valence-electron chi connectivity index (χ1n) is 5.81. The third-order valence-corrected chi connectivity index (χ3v) is 3.53. The molecule has 2 N–H and O–H groups in total. The van der Waals surface area contributed by atoms with Gasteiger partial charge in [0.25, 0.3) is 0 Å². The molecule has 0 unspecified atom stereocenters. The Morgan fingerprint density at radius 2 is 2.05 bits per heavy atom. The van der Waals surface area contributed by atoms with Gasteiger partial charge in [-0.2, -0.15) is 0 Å². The first kappa shape index (κ1) is 13.8. The molecule has 0 aliphatic rings. The zero-order valence-electron chi connectivity index (χ0n) is 10.8. The summed E-state index contributed by atoms with van der Waals surface area (Å²) in [6.45, 7) is 2.44. The van der Waals surface area contributed by atoms with Crippen LogP contribution in [-0.4, -0.2) is 12.1 Å². The number of aromatic nitrogens is 1. The highest BCUT2D eigenvalue weighted by Crippen LogP contribution is 2.32. The molecule has 19 heavy (non-hydrogen) atoms. The summed E-state index contributed by atoms with van der Waals surface area (Å²) in [6, 6.07) is 7.46. The largest absolute Gasteiger partial charge is 0.493 e. The quantitative estimate of drug-likeness (QED) is 0.937. The Bertz CT molecular complexity index is 588. The molecular formula is C14H15BrN2O2. The Balaban J connectivity index is 2.29. The summed E-state index contributed by atoms with van der Waals surface area (Å²) in [5, 5.41) is 0. The molecule has 0 spiro atoms. The number of hydrogen-bond donors (Lipinski definition) is 1. The third kappa shape index (κ3) is 3.24. The summed E-state index contributed by atoms with van der Waals surface area (Å²) in [5.74, 6) is 1.79. The maximum absolute atomic E-state index is 5.74. The zero-order chi connectivity index (χ0) is 13.8. The highest BCUT2D eigenvalue weighted by Gasteiger charge is 2.08. The number of nitrogens with zero attached hydrogens (tertiary/aromatic N) is 1. The SMILES string of the molecule is COc1cc(CN)ccc1Oc1cc(C)c(Br)cn1. The molecule has 0 saturated carbocycles. The van der Waals surface area contributed by atoms with E-state index < -0.39 is 0 Å².